The molecule has 1 aliphatic carbocycles. The molecule has 1 aliphatic heterocycles. The number of Topliss-reactive ketones (excluding diaryl/α,β-unsaturated/α-hetero) is 1. The first-order chi connectivity index (χ1) is 15.5. The van der Waals surface area contributed by atoms with E-state index in [9.17, 15) is 14.0 Å². The van der Waals surface area contributed by atoms with Gasteiger partial charge in [-0.3, -0.25) is 9.59 Å². The lowest BCUT2D eigenvalue weighted by atomic mass is 9.87. The number of ketones is 1. The lowest BCUT2D eigenvalue weighted by Gasteiger charge is -2.16. The average molecular weight is 431 g/mol. The molecule has 1 fully saturated rings. The Bertz CT molecular complexity index is 1210. The van der Waals surface area contributed by atoms with Crippen LogP contribution in [-0.4, -0.2) is 25.5 Å². The highest BCUT2D eigenvalue weighted by Gasteiger charge is 2.50. The van der Waals surface area contributed by atoms with Gasteiger partial charge in [0.25, 0.3) is 5.91 Å². The van der Waals surface area contributed by atoms with E-state index in [1.807, 2.05) is 18.2 Å². The van der Waals surface area contributed by atoms with Gasteiger partial charge in [-0.25, -0.2) is 4.39 Å². The third-order valence-electron chi connectivity index (χ3n) is 6.29. The molecule has 0 saturated heterocycles. The smallest absolute Gasteiger partial charge is 0.251 e. The van der Waals surface area contributed by atoms with E-state index in [1.165, 1.54) is 6.07 Å². The fourth-order valence-electron chi connectivity index (χ4n) is 4.25. The molecule has 162 valence electrons. The summed E-state index contributed by atoms with van der Waals surface area (Å²) in [6, 6.07) is 17.2. The second kappa shape index (κ2) is 7.79. The van der Waals surface area contributed by atoms with E-state index in [1.54, 1.807) is 43.4 Å². The molecule has 1 heterocycles. The molecule has 3 aromatic rings. The van der Waals surface area contributed by atoms with Crippen LogP contribution in [0.15, 0.2) is 60.7 Å². The summed E-state index contributed by atoms with van der Waals surface area (Å²) in [5, 5.41) is 2.56. The lowest BCUT2D eigenvalue weighted by molar-refractivity contribution is -0.120. The van der Waals surface area contributed by atoms with Crippen LogP contribution in [0.1, 0.15) is 34.3 Å². The van der Waals surface area contributed by atoms with E-state index in [0.717, 1.165) is 24.0 Å². The van der Waals surface area contributed by atoms with Gasteiger partial charge in [-0.15, -0.1) is 0 Å². The van der Waals surface area contributed by atoms with Gasteiger partial charge in [-0.05, 0) is 65.9 Å². The third-order valence-corrected chi connectivity index (χ3v) is 6.29. The highest BCUT2D eigenvalue weighted by molar-refractivity contribution is 5.95. The first kappa shape index (κ1) is 20.2. The fourth-order valence-corrected chi connectivity index (χ4v) is 4.25. The molecule has 5 nitrogen and oxygen atoms in total. The Kier molecular flexibility index (Phi) is 4.93. The Balaban J connectivity index is 1.38. The summed E-state index contributed by atoms with van der Waals surface area (Å²) in [6.07, 6.45) is 1.80. The number of carbonyl (C=O) groups is 2. The second-order valence-electron chi connectivity index (χ2n) is 8.22. The molecule has 0 aromatic heterocycles. The number of hydrogen-bond donors (Lipinski definition) is 1. The van der Waals surface area contributed by atoms with Crippen molar-refractivity contribution < 1.29 is 23.5 Å². The maximum atomic E-state index is 14.6. The topological polar surface area (TPSA) is 64.6 Å². The van der Waals surface area contributed by atoms with Gasteiger partial charge < -0.3 is 14.8 Å². The second-order valence-corrected chi connectivity index (χ2v) is 8.22. The molecule has 1 N–H and O–H groups in total. The van der Waals surface area contributed by atoms with Gasteiger partial charge in [0, 0.05) is 24.6 Å². The minimum Gasteiger partial charge on any atom is -0.454 e. The first-order valence-electron chi connectivity index (χ1n) is 10.5. The van der Waals surface area contributed by atoms with E-state index in [2.05, 4.69) is 5.32 Å². The number of halogens is 1. The Hall–Kier alpha value is -3.67. The molecule has 0 unspecified atom stereocenters. The first-order valence-corrected chi connectivity index (χ1v) is 10.5. The number of amides is 1. The van der Waals surface area contributed by atoms with Crippen molar-refractivity contribution in [3.63, 3.8) is 0 Å². The summed E-state index contributed by atoms with van der Waals surface area (Å²) in [5.41, 5.74) is 2.76. The quantitative estimate of drug-likeness (QED) is 0.627. The van der Waals surface area contributed by atoms with Crippen molar-refractivity contribution in [2.45, 2.75) is 24.7 Å². The van der Waals surface area contributed by atoms with E-state index >= 15 is 0 Å². The highest BCUT2D eigenvalue weighted by atomic mass is 19.1. The largest absolute Gasteiger partial charge is 0.454 e. The van der Waals surface area contributed by atoms with E-state index in [-0.39, 0.29) is 30.7 Å². The molecule has 0 spiro atoms. The maximum absolute atomic E-state index is 14.6. The minimum absolute atomic E-state index is 0.115. The van der Waals surface area contributed by atoms with Crippen LogP contribution in [0.25, 0.3) is 11.1 Å². The number of benzene rings is 3. The van der Waals surface area contributed by atoms with Crippen molar-refractivity contribution in [1.82, 2.24) is 5.32 Å². The number of nitrogens with one attached hydrogen (secondary N) is 1. The number of carbonyl (C=O) groups excluding carboxylic acids is 2. The summed E-state index contributed by atoms with van der Waals surface area (Å²) >= 11 is 0. The summed E-state index contributed by atoms with van der Waals surface area (Å²) in [4.78, 5) is 25.0. The molecule has 0 bridgehead atoms. The molecule has 5 rings (SSSR count). The zero-order chi connectivity index (χ0) is 22.3. The van der Waals surface area contributed by atoms with Gasteiger partial charge in [-0.2, -0.15) is 0 Å². The molecular weight excluding hydrogens is 409 g/mol. The predicted octanol–water partition coefficient (Wildman–Crippen LogP) is 4.42. The number of rotatable bonds is 6. The van der Waals surface area contributed by atoms with Crippen LogP contribution >= 0.6 is 0 Å². The Morgan fingerprint density at radius 2 is 1.72 bits per heavy atom. The van der Waals surface area contributed by atoms with E-state index in [0.29, 0.717) is 28.2 Å². The van der Waals surface area contributed by atoms with Crippen LogP contribution in [0, 0.1) is 5.82 Å². The standard InChI is InChI=1S/C26H22FNO4/c1-28-25(30)18-5-3-17(4-6-18)20-12-16(2-8-21(20)27)13-24(29)26(10-11-26)19-7-9-22-23(14-19)32-15-31-22/h2-9,12,14H,10-11,13,15H2,1H3,(H,28,30). The molecule has 32 heavy (non-hydrogen) atoms. The summed E-state index contributed by atoms with van der Waals surface area (Å²) < 4.78 is 25.4. The van der Waals surface area contributed by atoms with Gasteiger partial charge in [0.15, 0.2) is 11.5 Å². The van der Waals surface area contributed by atoms with Crippen LogP contribution in [0.3, 0.4) is 0 Å². The van der Waals surface area contributed by atoms with E-state index in [4.69, 9.17) is 9.47 Å². The molecule has 3 aromatic carbocycles. The number of ether oxygens (including phenoxy) is 2. The predicted molar refractivity (Wildman–Crippen MR) is 117 cm³/mol. The van der Waals surface area contributed by atoms with Gasteiger partial charge in [0.2, 0.25) is 6.79 Å². The van der Waals surface area contributed by atoms with E-state index < -0.39 is 5.41 Å². The van der Waals surface area contributed by atoms with Crippen molar-refractivity contribution in [3.8, 4) is 22.6 Å². The Morgan fingerprint density at radius 1 is 0.969 bits per heavy atom. The van der Waals surface area contributed by atoms with Crippen molar-refractivity contribution in [2.75, 3.05) is 13.8 Å². The maximum Gasteiger partial charge on any atom is 0.251 e. The van der Waals surface area contributed by atoms with Gasteiger partial charge in [0.1, 0.15) is 11.6 Å². The van der Waals surface area contributed by atoms with Crippen molar-refractivity contribution in [2.24, 2.45) is 0 Å². The molecule has 6 heteroatoms. The number of fused-ring (bicyclic) bond motifs is 1. The van der Waals surface area contributed by atoms with Crippen LogP contribution in [0.2, 0.25) is 0 Å². The van der Waals surface area contributed by atoms with Gasteiger partial charge in [0.05, 0.1) is 5.41 Å². The Labute approximate surface area is 185 Å². The van der Waals surface area contributed by atoms with Gasteiger partial charge >= 0.3 is 0 Å². The molecule has 1 amide bonds. The average Bonchev–Trinajstić information content (AvgIpc) is 3.50. The van der Waals surface area contributed by atoms with Crippen LogP contribution < -0.4 is 14.8 Å². The molecule has 0 atom stereocenters. The summed E-state index contributed by atoms with van der Waals surface area (Å²) in [6.45, 7) is 0.197. The fraction of sp³-hybridized carbons (Fsp3) is 0.231. The molecule has 1 saturated carbocycles. The monoisotopic (exact) mass is 431 g/mol. The van der Waals surface area contributed by atoms with Gasteiger partial charge in [-0.1, -0.05) is 24.3 Å². The minimum atomic E-state index is -0.509. The molecule has 0 radical (unpaired) electrons. The van der Waals surface area contributed by atoms with Crippen LogP contribution in [0.4, 0.5) is 4.39 Å². The number of hydrogen-bond acceptors (Lipinski definition) is 4. The SMILES string of the molecule is CNC(=O)c1ccc(-c2cc(CC(=O)C3(c4ccc5c(c4)OCO5)CC3)ccc2F)cc1. The zero-order valence-corrected chi connectivity index (χ0v) is 17.6. The summed E-state index contributed by atoms with van der Waals surface area (Å²) in [7, 11) is 1.56. The Morgan fingerprint density at radius 3 is 2.44 bits per heavy atom. The molecule has 2 aliphatic rings. The zero-order valence-electron chi connectivity index (χ0n) is 17.6. The molecular formula is C26H22FNO4. The van der Waals surface area contributed by atoms with Crippen LogP contribution in [0.5, 0.6) is 11.5 Å². The normalized spacial score (nSPS) is 15.3. The third kappa shape index (κ3) is 3.51. The van der Waals surface area contributed by atoms with Crippen molar-refractivity contribution in [3.05, 3.63) is 83.2 Å². The highest BCUT2D eigenvalue weighted by Crippen LogP contribution is 2.51. The summed E-state index contributed by atoms with van der Waals surface area (Å²) in [5.74, 6) is 0.915. The van der Waals surface area contributed by atoms with Crippen molar-refractivity contribution in [1.29, 1.82) is 0 Å². The lowest BCUT2D eigenvalue weighted by Crippen LogP contribution is -2.22. The van der Waals surface area contributed by atoms with Crippen molar-refractivity contribution >= 4 is 11.7 Å². The van der Waals surface area contributed by atoms with Crippen LogP contribution in [-0.2, 0) is 16.6 Å².